The smallest absolute Gasteiger partial charge is 0.308 e. The average molecular weight is 430 g/mol. The number of esters is 1. The Labute approximate surface area is 183 Å². The number of carbonyl (C=O) groups excluding carboxylic acids is 1. The minimum absolute atomic E-state index is 0.0604. The number of carbonyl (C=O) groups is 1. The van der Waals surface area contributed by atoms with Crippen LogP contribution in [-0.2, 0) is 16.1 Å². The van der Waals surface area contributed by atoms with Crippen LogP contribution in [0.4, 0.5) is 11.4 Å². The van der Waals surface area contributed by atoms with Crippen molar-refractivity contribution in [3.8, 4) is 11.4 Å². The van der Waals surface area contributed by atoms with Crippen LogP contribution >= 0.6 is 11.8 Å². The molecule has 1 aliphatic heterocycles. The largest absolute Gasteiger partial charge is 0.456 e. The molecule has 0 fully saturated rings. The van der Waals surface area contributed by atoms with Gasteiger partial charge in [0.15, 0.2) is 6.61 Å². The van der Waals surface area contributed by atoms with Gasteiger partial charge in [-0.15, -0.1) is 0 Å². The summed E-state index contributed by atoms with van der Waals surface area (Å²) in [5.41, 5.74) is 2.93. The Morgan fingerprint density at radius 3 is 2.45 bits per heavy atom. The van der Waals surface area contributed by atoms with Crippen molar-refractivity contribution in [3.63, 3.8) is 0 Å². The molecule has 0 aliphatic carbocycles. The van der Waals surface area contributed by atoms with E-state index in [1.165, 1.54) is 9.79 Å². The predicted octanol–water partition coefficient (Wildman–Crippen LogP) is 4.87. The van der Waals surface area contributed by atoms with Crippen molar-refractivity contribution in [3.05, 3.63) is 78.9 Å². The second kappa shape index (κ2) is 8.61. The van der Waals surface area contributed by atoms with Crippen LogP contribution in [0.15, 0.2) is 87.4 Å². The fourth-order valence-corrected chi connectivity index (χ4v) is 4.46. The molecule has 8 heteroatoms. The Morgan fingerprint density at radius 2 is 1.74 bits per heavy atom. The molecule has 154 valence electrons. The Bertz CT molecular complexity index is 1170. The van der Waals surface area contributed by atoms with Crippen molar-refractivity contribution in [1.29, 1.82) is 0 Å². The molecule has 1 aliphatic rings. The molecule has 4 aromatic rings. The first-order valence-corrected chi connectivity index (χ1v) is 10.6. The minimum atomic E-state index is -0.325. The van der Waals surface area contributed by atoms with Crippen molar-refractivity contribution >= 4 is 29.1 Å². The number of hydrogen-bond acceptors (Lipinski definition) is 8. The van der Waals surface area contributed by atoms with Crippen LogP contribution in [0.1, 0.15) is 12.3 Å². The van der Waals surface area contributed by atoms with Gasteiger partial charge in [-0.3, -0.25) is 9.78 Å². The highest BCUT2D eigenvalue weighted by Crippen LogP contribution is 2.47. The lowest BCUT2D eigenvalue weighted by molar-refractivity contribution is -0.145. The summed E-state index contributed by atoms with van der Waals surface area (Å²) in [6, 6.07) is 20.0. The maximum atomic E-state index is 12.4. The van der Waals surface area contributed by atoms with E-state index in [1.54, 1.807) is 30.2 Å². The second-order valence-corrected chi connectivity index (χ2v) is 7.94. The maximum absolute atomic E-state index is 12.4. The summed E-state index contributed by atoms with van der Waals surface area (Å²) >= 11 is 1.74. The molecule has 3 heterocycles. The Morgan fingerprint density at radius 1 is 1.00 bits per heavy atom. The minimum Gasteiger partial charge on any atom is -0.456 e. The van der Waals surface area contributed by atoms with E-state index in [0.29, 0.717) is 12.4 Å². The second-order valence-electron chi connectivity index (χ2n) is 6.85. The van der Waals surface area contributed by atoms with Gasteiger partial charge >= 0.3 is 5.97 Å². The third-order valence-electron chi connectivity index (χ3n) is 4.82. The fraction of sp³-hybridized carbons (Fsp3) is 0.130. The highest BCUT2D eigenvalue weighted by Gasteiger charge is 2.23. The lowest BCUT2D eigenvalue weighted by atomic mass is 10.2. The van der Waals surface area contributed by atoms with E-state index in [0.717, 1.165) is 16.9 Å². The summed E-state index contributed by atoms with van der Waals surface area (Å²) in [4.78, 5) is 25.2. The van der Waals surface area contributed by atoms with E-state index in [4.69, 9.17) is 9.26 Å². The number of anilines is 2. The third kappa shape index (κ3) is 4.15. The fourth-order valence-electron chi connectivity index (χ4n) is 3.37. The summed E-state index contributed by atoms with van der Waals surface area (Å²) in [5, 5.41) is 3.91. The average Bonchev–Trinajstić information content (AvgIpc) is 3.30. The van der Waals surface area contributed by atoms with Gasteiger partial charge in [0.1, 0.15) is 0 Å². The molecule has 2 aromatic heterocycles. The number of benzene rings is 2. The van der Waals surface area contributed by atoms with E-state index < -0.39 is 0 Å². The summed E-state index contributed by atoms with van der Waals surface area (Å²) in [6.45, 7) is 0.452. The molecule has 0 saturated heterocycles. The van der Waals surface area contributed by atoms with Gasteiger partial charge in [0, 0.05) is 34.3 Å². The number of para-hydroxylation sites is 2. The SMILES string of the molecule is O=C(CCN1c2ccccc2Sc2ccccc21)OCc1nc(-c2cccnc2)no1. The lowest BCUT2D eigenvalue weighted by Gasteiger charge is -2.32. The van der Waals surface area contributed by atoms with Gasteiger partial charge < -0.3 is 14.2 Å². The van der Waals surface area contributed by atoms with Gasteiger partial charge in [-0.1, -0.05) is 41.2 Å². The van der Waals surface area contributed by atoms with Crippen LogP contribution in [0.3, 0.4) is 0 Å². The molecule has 0 radical (unpaired) electrons. The summed E-state index contributed by atoms with van der Waals surface area (Å²) < 4.78 is 10.5. The monoisotopic (exact) mass is 430 g/mol. The maximum Gasteiger partial charge on any atom is 0.308 e. The third-order valence-corrected chi connectivity index (χ3v) is 5.95. The van der Waals surface area contributed by atoms with Crippen molar-refractivity contribution in [1.82, 2.24) is 15.1 Å². The van der Waals surface area contributed by atoms with Crippen molar-refractivity contribution in [2.24, 2.45) is 0 Å². The molecule has 5 rings (SSSR count). The summed E-state index contributed by atoms with van der Waals surface area (Å²) in [7, 11) is 0. The van der Waals surface area contributed by atoms with Crippen molar-refractivity contribution in [2.45, 2.75) is 22.8 Å². The summed E-state index contributed by atoms with van der Waals surface area (Å²) in [6.07, 6.45) is 3.55. The zero-order valence-electron chi connectivity index (χ0n) is 16.5. The van der Waals surface area contributed by atoms with Gasteiger partial charge in [0.25, 0.3) is 5.89 Å². The molecule has 0 bridgehead atoms. The molecule has 31 heavy (non-hydrogen) atoms. The molecule has 0 saturated carbocycles. The molecule has 0 atom stereocenters. The van der Waals surface area contributed by atoms with Crippen LogP contribution in [0, 0.1) is 0 Å². The highest BCUT2D eigenvalue weighted by atomic mass is 32.2. The zero-order chi connectivity index (χ0) is 21.0. The van der Waals surface area contributed by atoms with E-state index in [9.17, 15) is 4.79 Å². The summed E-state index contributed by atoms with van der Waals surface area (Å²) in [5.74, 6) is 0.338. The Kier molecular flexibility index (Phi) is 5.37. The Balaban J connectivity index is 1.22. The number of nitrogens with zero attached hydrogens (tertiary/aromatic N) is 4. The number of ether oxygens (including phenoxy) is 1. The first-order valence-electron chi connectivity index (χ1n) is 9.80. The number of hydrogen-bond donors (Lipinski definition) is 0. The molecule has 0 N–H and O–H groups in total. The standard InChI is InChI=1S/C23H18N4O3S/c28-22(29-15-21-25-23(26-30-21)16-6-5-12-24-14-16)11-13-27-17-7-1-3-9-19(17)31-20-10-4-2-8-18(20)27/h1-10,12,14H,11,13,15H2. The van der Waals surface area contributed by atoms with Crippen LogP contribution < -0.4 is 4.90 Å². The zero-order valence-corrected chi connectivity index (χ0v) is 17.3. The van der Waals surface area contributed by atoms with E-state index in [1.807, 2.05) is 30.3 Å². The van der Waals surface area contributed by atoms with E-state index >= 15 is 0 Å². The molecular formula is C23H18N4O3S. The van der Waals surface area contributed by atoms with Gasteiger partial charge in [-0.2, -0.15) is 4.98 Å². The number of fused-ring (bicyclic) bond motifs is 2. The first-order chi connectivity index (χ1) is 15.3. The quantitative estimate of drug-likeness (QED) is 0.401. The number of rotatable bonds is 6. The topological polar surface area (TPSA) is 81.4 Å². The number of pyridine rings is 1. The van der Waals surface area contributed by atoms with Gasteiger partial charge in [0.05, 0.1) is 17.8 Å². The molecule has 7 nitrogen and oxygen atoms in total. The lowest BCUT2D eigenvalue weighted by Crippen LogP contribution is -2.24. The van der Waals surface area contributed by atoms with Gasteiger partial charge in [-0.05, 0) is 36.4 Å². The molecular weight excluding hydrogens is 412 g/mol. The van der Waals surface area contributed by atoms with Crippen LogP contribution in [0.2, 0.25) is 0 Å². The van der Waals surface area contributed by atoms with Crippen molar-refractivity contribution < 1.29 is 14.1 Å². The van der Waals surface area contributed by atoms with E-state index in [2.05, 4.69) is 44.3 Å². The van der Waals surface area contributed by atoms with Crippen LogP contribution in [-0.4, -0.2) is 27.6 Å². The Hall–Kier alpha value is -3.65. The first kappa shape index (κ1) is 19.3. The number of aromatic nitrogens is 3. The molecule has 0 spiro atoms. The van der Waals surface area contributed by atoms with E-state index in [-0.39, 0.29) is 24.9 Å². The molecule has 0 unspecified atom stereocenters. The highest BCUT2D eigenvalue weighted by molar-refractivity contribution is 7.99. The molecule has 0 amide bonds. The van der Waals surface area contributed by atoms with Crippen LogP contribution in [0.5, 0.6) is 0 Å². The van der Waals surface area contributed by atoms with Crippen LogP contribution in [0.25, 0.3) is 11.4 Å². The normalized spacial score (nSPS) is 12.2. The van der Waals surface area contributed by atoms with Gasteiger partial charge in [-0.25, -0.2) is 0 Å². The van der Waals surface area contributed by atoms with Crippen molar-refractivity contribution in [2.75, 3.05) is 11.4 Å². The molecule has 2 aromatic carbocycles. The van der Waals surface area contributed by atoms with Gasteiger partial charge in [0.2, 0.25) is 5.82 Å². The predicted molar refractivity (Wildman–Crippen MR) is 116 cm³/mol.